The molecule has 1 aliphatic carbocycles. The molecule has 1 fully saturated rings. The van der Waals surface area contributed by atoms with Crippen molar-refractivity contribution in [2.24, 2.45) is 0 Å². The number of esters is 1. The number of ether oxygens (including phenoxy) is 1. The molecule has 0 atom stereocenters. The molecular formula is C12H15NO4S. The fourth-order valence-electron chi connectivity index (χ4n) is 1.49. The molecule has 2 rings (SSSR count). The number of carbonyl (C=O) groups is 1. The monoisotopic (exact) mass is 269 g/mol. The molecule has 5 nitrogen and oxygen atoms in total. The molecule has 18 heavy (non-hydrogen) atoms. The fraction of sp³-hybridized carbons (Fsp3) is 0.417. The van der Waals surface area contributed by atoms with Crippen molar-refractivity contribution in [1.82, 2.24) is 4.72 Å². The molecular weight excluding hydrogens is 254 g/mol. The lowest BCUT2D eigenvalue weighted by atomic mass is 10.2. The van der Waals surface area contributed by atoms with Crippen LogP contribution in [0.15, 0.2) is 29.2 Å². The van der Waals surface area contributed by atoms with Crippen LogP contribution in [0.1, 0.15) is 30.1 Å². The minimum Gasteiger partial charge on any atom is -0.462 e. The first-order chi connectivity index (χ1) is 8.53. The van der Waals surface area contributed by atoms with Gasteiger partial charge in [-0.05, 0) is 38.0 Å². The van der Waals surface area contributed by atoms with Crippen molar-refractivity contribution in [3.63, 3.8) is 0 Å². The van der Waals surface area contributed by atoms with Gasteiger partial charge in [0.1, 0.15) is 0 Å². The number of benzene rings is 1. The van der Waals surface area contributed by atoms with E-state index < -0.39 is 16.0 Å². The molecule has 0 unspecified atom stereocenters. The van der Waals surface area contributed by atoms with Gasteiger partial charge in [0.05, 0.1) is 17.1 Å². The quantitative estimate of drug-likeness (QED) is 0.818. The van der Waals surface area contributed by atoms with Crippen LogP contribution in [0.25, 0.3) is 0 Å². The second-order valence-electron chi connectivity index (χ2n) is 4.14. The molecule has 0 saturated heterocycles. The van der Waals surface area contributed by atoms with E-state index in [4.69, 9.17) is 4.74 Å². The van der Waals surface area contributed by atoms with Crippen molar-refractivity contribution in [3.8, 4) is 0 Å². The van der Waals surface area contributed by atoms with Gasteiger partial charge in [-0.2, -0.15) is 0 Å². The van der Waals surface area contributed by atoms with Crippen LogP contribution in [0.3, 0.4) is 0 Å². The van der Waals surface area contributed by atoms with Crippen molar-refractivity contribution in [3.05, 3.63) is 29.8 Å². The van der Waals surface area contributed by atoms with E-state index in [1.165, 1.54) is 24.3 Å². The van der Waals surface area contributed by atoms with E-state index >= 15 is 0 Å². The summed E-state index contributed by atoms with van der Waals surface area (Å²) in [6.07, 6.45) is 1.74. The van der Waals surface area contributed by atoms with Crippen molar-refractivity contribution in [1.29, 1.82) is 0 Å². The molecule has 0 bridgehead atoms. The van der Waals surface area contributed by atoms with Crippen molar-refractivity contribution < 1.29 is 17.9 Å². The van der Waals surface area contributed by atoms with Gasteiger partial charge in [-0.15, -0.1) is 0 Å². The number of hydrogen-bond donors (Lipinski definition) is 1. The highest BCUT2D eigenvalue weighted by Crippen LogP contribution is 2.22. The third kappa shape index (κ3) is 3.08. The van der Waals surface area contributed by atoms with Crippen LogP contribution in [0, 0.1) is 0 Å². The molecule has 1 saturated carbocycles. The van der Waals surface area contributed by atoms with Crippen LogP contribution >= 0.6 is 0 Å². The Morgan fingerprint density at radius 3 is 2.78 bits per heavy atom. The summed E-state index contributed by atoms with van der Waals surface area (Å²) in [5, 5.41) is 0. The molecule has 0 aliphatic heterocycles. The van der Waals surface area contributed by atoms with Crippen LogP contribution in [-0.2, 0) is 14.8 Å². The zero-order valence-corrected chi connectivity index (χ0v) is 10.9. The second kappa shape index (κ2) is 5.07. The zero-order chi connectivity index (χ0) is 13.2. The first kappa shape index (κ1) is 13.0. The molecule has 1 aromatic carbocycles. The molecule has 6 heteroatoms. The van der Waals surface area contributed by atoms with Gasteiger partial charge < -0.3 is 4.74 Å². The Morgan fingerprint density at radius 1 is 1.44 bits per heavy atom. The fourth-order valence-corrected chi connectivity index (χ4v) is 2.84. The van der Waals surface area contributed by atoms with Crippen molar-refractivity contribution in [2.75, 3.05) is 6.61 Å². The molecule has 1 aromatic rings. The number of hydrogen-bond acceptors (Lipinski definition) is 4. The minimum absolute atomic E-state index is 0.0428. The number of nitrogens with one attached hydrogen (secondary N) is 1. The Bertz CT molecular complexity index is 549. The summed E-state index contributed by atoms with van der Waals surface area (Å²) in [7, 11) is -3.53. The Hall–Kier alpha value is -1.40. The van der Waals surface area contributed by atoms with Gasteiger partial charge in [-0.1, -0.05) is 6.07 Å². The summed E-state index contributed by atoms with van der Waals surface area (Å²) in [5.41, 5.74) is 0.246. The van der Waals surface area contributed by atoms with Crippen LogP contribution in [-0.4, -0.2) is 27.0 Å². The molecule has 0 amide bonds. The third-order valence-electron chi connectivity index (χ3n) is 2.55. The standard InChI is InChI=1S/C12H15NO4S/c1-2-17-12(14)9-4-3-5-11(8-9)18(15,16)13-10-6-7-10/h3-5,8,10,13H,2,6-7H2,1H3. The Labute approximate surface area is 106 Å². The van der Waals surface area contributed by atoms with Gasteiger partial charge in [-0.25, -0.2) is 17.9 Å². The molecule has 0 aromatic heterocycles. The van der Waals surface area contributed by atoms with Crippen LogP contribution in [0.4, 0.5) is 0 Å². The zero-order valence-electron chi connectivity index (χ0n) is 10.0. The molecule has 1 aliphatic rings. The topological polar surface area (TPSA) is 72.5 Å². The van der Waals surface area contributed by atoms with E-state index in [9.17, 15) is 13.2 Å². The summed E-state index contributed by atoms with van der Waals surface area (Å²) >= 11 is 0. The highest BCUT2D eigenvalue weighted by Gasteiger charge is 2.28. The minimum atomic E-state index is -3.53. The first-order valence-corrected chi connectivity index (χ1v) is 7.31. The summed E-state index contributed by atoms with van der Waals surface area (Å²) in [4.78, 5) is 11.6. The summed E-state index contributed by atoms with van der Waals surface area (Å²) in [6.45, 7) is 1.96. The highest BCUT2D eigenvalue weighted by atomic mass is 32.2. The molecule has 1 N–H and O–H groups in total. The Balaban J connectivity index is 2.23. The van der Waals surface area contributed by atoms with Gasteiger partial charge in [0.15, 0.2) is 0 Å². The summed E-state index contributed by atoms with van der Waals surface area (Å²) in [5.74, 6) is -0.513. The van der Waals surface area contributed by atoms with E-state index in [0.29, 0.717) is 0 Å². The summed E-state index contributed by atoms with van der Waals surface area (Å²) in [6, 6.07) is 5.92. The van der Waals surface area contributed by atoms with Gasteiger partial charge in [0.2, 0.25) is 10.0 Å². The maximum atomic E-state index is 12.0. The number of sulfonamides is 1. The summed E-state index contributed by atoms with van der Waals surface area (Å²) < 4.78 is 31.3. The predicted molar refractivity (Wildman–Crippen MR) is 65.7 cm³/mol. The van der Waals surface area contributed by atoms with E-state index in [2.05, 4.69) is 4.72 Å². The molecule has 0 spiro atoms. The van der Waals surface area contributed by atoms with Crippen LogP contribution in [0.2, 0.25) is 0 Å². The van der Waals surface area contributed by atoms with E-state index in [1.807, 2.05) is 0 Å². The normalized spacial score (nSPS) is 15.4. The van der Waals surface area contributed by atoms with Gasteiger partial charge in [0, 0.05) is 6.04 Å². The van der Waals surface area contributed by atoms with Gasteiger partial charge in [0.25, 0.3) is 0 Å². The highest BCUT2D eigenvalue weighted by molar-refractivity contribution is 7.89. The molecule has 0 radical (unpaired) electrons. The van der Waals surface area contributed by atoms with E-state index in [0.717, 1.165) is 12.8 Å². The number of rotatable bonds is 5. The molecule has 0 heterocycles. The maximum absolute atomic E-state index is 12.0. The van der Waals surface area contributed by atoms with Gasteiger partial charge >= 0.3 is 5.97 Å². The van der Waals surface area contributed by atoms with Crippen LogP contribution in [0.5, 0.6) is 0 Å². The van der Waals surface area contributed by atoms with Crippen molar-refractivity contribution in [2.45, 2.75) is 30.7 Å². The molecule has 98 valence electrons. The second-order valence-corrected chi connectivity index (χ2v) is 5.86. The van der Waals surface area contributed by atoms with Crippen LogP contribution < -0.4 is 4.72 Å². The van der Waals surface area contributed by atoms with E-state index in [1.54, 1.807) is 6.92 Å². The Morgan fingerprint density at radius 2 is 2.17 bits per heavy atom. The smallest absolute Gasteiger partial charge is 0.338 e. The lowest BCUT2D eigenvalue weighted by molar-refractivity contribution is 0.0526. The van der Waals surface area contributed by atoms with E-state index in [-0.39, 0.29) is 23.1 Å². The van der Waals surface area contributed by atoms with Crippen molar-refractivity contribution >= 4 is 16.0 Å². The average Bonchev–Trinajstić information content (AvgIpc) is 3.13. The Kier molecular flexibility index (Phi) is 3.68. The lowest BCUT2D eigenvalue weighted by Gasteiger charge is -2.07. The predicted octanol–water partition coefficient (Wildman–Crippen LogP) is 1.30. The average molecular weight is 269 g/mol. The largest absolute Gasteiger partial charge is 0.462 e. The lowest BCUT2D eigenvalue weighted by Crippen LogP contribution is -2.25. The van der Waals surface area contributed by atoms with Gasteiger partial charge in [-0.3, -0.25) is 0 Å². The third-order valence-corrected chi connectivity index (χ3v) is 4.07. The first-order valence-electron chi connectivity index (χ1n) is 5.82. The SMILES string of the molecule is CCOC(=O)c1cccc(S(=O)(=O)NC2CC2)c1. The maximum Gasteiger partial charge on any atom is 0.338 e. The number of carbonyl (C=O) groups excluding carboxylic acids is 1.